The number of hydrogen-bond donors (Lipinski definition) is 4. The molecule has 34 heavy (non-hydrogen) atoms. The number of pyridine rings is 1. The normalized spacial score (nSPS) is 14.6. The summed E-state index contributed by atoms with van der Waals surface area (Å²) in [4.78, 5) is 19.2. The van der Waals surface area contributed by atoms with Crippen LogP contribution in [0.15, 0.2) is 96.0 Å². The van der Waals surface area contributed by atoms with Crippen molar-refractivity contribution in [2.45, 2.75) is 17.5 Å². The summed E-state index contributed by atoms with van der Waals surface area (Å²) < 4.78 is 24.4. The third-order valence-corrected chi connectivity index (χ3v) is 7.36. The number of benzene rings is 3. The average Bonchev–Trinajstić information content (AvgIpc) is 2.83. The maximum atomic E-state index is 12.8. The molecule has 0 aliphatic carbocycles. The highest BCUT2D eigenvalue weighted by Gasteiger charge is 2.30. The monoisotopic (exact) mass is 474 g/mol. The number of likely N-dealkylation sites (tertiary alicyclic amines) is 1. The van der Waals surface area contributed by atoms with Crippen molar-refractivity contribution >= 4 is 33.3 Å². The third-order valence-electron chi connectivity index (χ3n) is 5.90. The Morgan fingerprint density at radius 3 is 2.44 bits per heavy atom. The van der Waals surface area contributed by atoms with Gasteiger partial charge in [0.25, 0.3) is 5.91 Å². The van der Waals surface area contributed by atoms with Crippen molar-refractivity contribution < 1.29 is 13.9 Å². The minimum atomic E-state index is -3.34. The smallest absolute Gasteiger partial charge is 0.253 e. The lowest BCUT2D eigenvalue weighted by molar-refractivity contribution is 0.0566. The molecule has 2 heterocycles. The lowest BCUT2D eigenvalue weighted by atomic mass is 10.1. The Hall–Kier alpha value is -3.43. The molecule has 8 heteroatoms. The molecule has 4 N–H and O–H groups in total. The number of aromatic nitrogens is 1. The van der Waals surface area contributed by atoms with E-state index in [1.807, 2.05) is 30.3 Å². The summed E-state index contributed by atoms with van der Waals surface area (Å²) in [5.74, 6) is -0.0332. The average molecular weight is 475 g/mol. The van der Waals surface area contributed by atoms with E-state index in [9.17, 15) is 13.9 Å². The molecule has 1 amide bonds. The zero-order valence-corrected chi connectivity index (χ0v) is 19.3. The van der Waals surface area contributed by atoms with Crippen LogP contribution in [0.2, 0.25) is 0 Å². The Morgan fingerprint density at radius 2 is 1.68 bits per heavy atom. The minimum Gasteiger partial charge on any atom is -0.335 e. The third kappa shape index (κ3) is 4.76. The van der Waals surface area contributed by atoms with Gasteiger partial charge in [0.05, 0.1) is 11.2 Å². The summed E-state index contributed by atoms with van der Waals surface area (Å²) in [6, 6.07) is 26.2. The van der Waals surface area contributed by atoms with Gasteiger partial charge in [-0.15, -0.1) is 0 Å². The summed E-state index contributed by atoms with van der Waals surface area (Å²) in [6.07, 6.45) is 1.62. The van der Waals surface area contributed by atoms with E-state index in [0.717, 1.165) is 11.9 Å². The van der Waals surface area contributed by atoms with Gasteiger partial charge in [-0.1, -0.05) is 59.3 Å². The number of fused-ring (bicyclic) bond motifs is 1. The molecule has 7 nitrogen and oxygen atoms in total. The Bertz CT molecular complexity index is 1290. The van der Waals surface area contributed by atoms with E-state index in [1.165, 1.54) is 5.56 Å². The first kappa shape index (κ1) is 22.4. The fraction of sp³-hybridized carbons (Fsp3) is 0.154. The van der Waals surface area contributed by atoms with Crippen molar-refractivity contribution in [3.05, 3.63) is 102 Å². The van der Waals surface area contributed by atoms with Crippen molar-refractivity contribution in [1.82, 2.24) is 15.2 Å². The summed E-state index contributed by atoms with van der Waals surface area (Å²) in [5, 5.41) is 4.30. The predicted molar refractivity (Wildman–Crippen MR) is 136 cm³/mol. The second-order valence-electron chi connectivity index (χ2n) is 8.33. The van der Waals surface area contributed by atoms with Gasteiger partial charge in [0.15, 0.2) is 0 Å². The second-order valence-corrected chi connectivity index (χ2v) is 10.1. The quantitative estimate of drug-likeness (QED) is 0.301. The predicted octanol–water partition coefficient (Wildman–Crippen LogP) is 4.99. The zero-order chi connectivity index (χ0) is 23.5. The molecule has 5 rings (SSSR count). The second kappa shape index (κ2) is 9.44. The standard InChI is InChI=1S/C26H26N4O3S/c31-26(30-17-23(18-30)28-16-19-6-2-1-3-7-19)21-11-13-22(14-12-21)29-34(32,33)24-10-4-8-20-9-5-15-27-25(20)24/h1-15,23,28-29,32-33H,16-18H2. The van der Waals surface area contributed by atoms with E-state index < -0.39 is 10.8 Å². The highest BCUT2D eigenvalue weighted by Crippen LogP contribution is 2.50. The van der Waals surface area contributed by atoms with Crippen LogP contribution in [0.3, 0.4) is 0 Å². The fourth-order valence-corrected chi connectivity index (χ4v) is 5.30. The SMILES string of the molecule is O=C(c1ccc(NS(O)(O)c2cccc3cccnc23)cc1)N1CC(NCc2ccccc2)C1. The molecular weight excluding hydrogens is 448 g/mol. The van der Waals surface area contributed by atoms with Crippen molar-refractivity contribution in [3.8, 4) is 0 Å². The van der Waals surface area contributed by atoms with Crippen LogP contribution in [0.1, 0.15) is 15.9 Å². The van der Waals surface area contributed by atoms with E-state index in [2.05, 4.69) is 27.2 Å². The van der Waals surface area contributed by atoms with Gasteiger partial charge in [-0.05, 0) is 42.0 Å². The van der Waals surface area contributed by atoms with Crippen LogP contribution in [-0.2, 0) is 6.54 Å². The highest BCUT2D eigenvalue weighted by molar-refractivity contribution is 8.25. The Morgan fingerprint density at radius 1 is 0.941 bits per heavy atom. The van der Waals surface area contributed by atoms with Gasteiger partial charge in [0, 0.05) is 42.8 Å². The Labute approximate surface area is 199 Å². The lowest BCUT2D eigenvalue weighted by Gasteiger charge is -2.40. The molecule has 0 atom stereocenters. The van der Waals surface area contributed by atoms with Gasteiger partial charge in [-0.3, -0.25) is 23.6 Å². The van der Waals surface area contributed by atoms with Crippen LogP contribution in [0.4, 0.5) is 5.69 Å². The fourth-order valence-electron chi connectivity index (χ4n) is 4.02. The molecule has 1 aliphatic heterocycles. The van der Waals surface area contributed by atoms with Crippen LogP contribution in [0.5, 0.6) is 0 Å². The van der Waals surface area contributed by atoms with Crippen molar-refractivity contribution in [2.24, 2.45) is 0 Å². The first-order valence-corrected chi connectivity index (χ1v) is 12.6. The number of hydrogen-bond acceptors (Lipinski definition) is 6. The molecule has 0 unspecified atom stereocenters. The first-order valence-electron chi connectivity index (χ1n) is 11.1. The van der Waals surface area contributed by atoms with Crippen LogP contribution >= 0.6 is 10.8 Å². The largest absolute Gasteiger partial charge is 0.335 e. The number of rotatable bonds is 7. The molecule has 1 saturated heterocycles. The van der Waals surface area contributed by atoms with Crippen molar-refractivity contribution in [1.29, 1.82) is 0 Å². The number of carbonyl (C=O) groups excluding carboxylic acids is 1. The summed E-state index contributed by atoms with van der Waals surface area (Å²) in [7, 11) is -3.34. The first-order chi connectivity index (χ1) is 16.5. The number of amides is 1. The van der Waals surface area contributed by atoms with E-state index in [1.54, 1.807) is 53.6 Å². The van der Waals surface area contributed by atoms with Crippen LogP contribution < -0.4 is 10.0 Å². The topological polar surface area (TPSA) is 97.7 Å². The molecule has 3 aromatic carbocycles. The molecule has 1 aromatic heterocycles. The highest BCUT2D eigenvalue weighted by atomic mass is 32.3. The van der Waals surface area contributed by atoms with Gasteiger partial charge >= 0.3 is 0 Å². The summed E-state index contributed by atoms with van der Waals surface area (Å²) >= 11 is 0. The molecule has 4 aromatic rings. The zero-order valence-electron chi connectivity index (χ0n) is 18.5. The van der Waals surface area contributed by atoms with Gasteiger partial charge in [0.1, 0.15) is 4.90 Å². The molecular formula is C26H26N4O3S. The number of para-hydroxylation sites is 1. The molecule has 0 saturated carbocycles. The number of nitrogens with zero attached hydrogens (tertiary/aromatic N) is 2. The lowest BCUT2D eigenvalue weighted by Crippen LogP contribution is -2.59. The van der Waals surface area contributed by atoms with Crippen LogP contribution in [-0.4, -0.2) is 44.0 Å². The van der Waals surface area contributed by atoms with Crippen LogP contribution in [0, 0.1) is 0 Å². The van der Waals surface area contributed by atoms with E-state index in [4.69, 9.17) is 0 Å². The molecule has 1 fully saturated rings. The Kier molecular flexibility index (Phi) is 6.21. The molecule has 0 bridgehead atoms. The number of nitrogens with one attached hydrogen (secondary N) is 2. The van der Waals surface area contributed by atoms with Crippen molar-refractivity contribution in [2.75, 3.05) is 17.8 Å². The molecule has 174 valence electrons. The summed E-state index contributed by atoms with van der Waals surface area (Å²) in [6.45, 7) is 2.12. The molecule has 1 aliphatic rings. The maximum Gasteiger partial charge on any atom is 0.253 e. The van der Waals surface area contributed by atoms with E-state index in [-0.39, 0.29) is 11.9 Å². The van der Waals surface area contributed by atoms with E-state index >= 15 is 0 Å². The molecule has 0 spiro atoms. The minimum absolute atomic E-state index is 0.0332. The van der Waals surface area contributed by atoms with Gasteiger partial charge < -0.3 is 10.2 Å². The molecule has 0 radical (unpaired) electrons. The van der Waals surface area contributed by atoms with E-state index in [0.29, 0.717) is 34.8 Å². The van der Waals surface area contributed by atoms with Crippen molar-refractivity contribution in [3.63, 3.8) is 0 Å². The van der Waals surface area contributed by atoms with Gasteiger partial charge in [-0.25, -0.2) is 0 Å². The van der Waals surface area contributed by atoms with Gasteiger partial charge in [-0.2, -0.15) is 0 Å². The van der Waals surface area contributed by atoms with Crippen LogP contribution in [0.25, 0.3) is 10.9 Å². The number of anilines is 1. The number of carbonyl (C=O) groups is 1. The summed E-state index contributed by atoms with van der Waals surface area (Å²) in [5.41, 5.74) is 2.84. The Balaban J connectivity index is 1.19. The van der Waals surface area contributed by atoms with Gasteiger partial charge in [0.2, 0.25) is 0 Å². The maximum absolute atomic E-state index is 12.8.